The molecule has 0 saturated carbocycles. The summed E-state index contributed by atoms with van der Waals surface area (Å²) >= 11 is 0. The molecule has 2 N–H and O–H groups in total. The first kappa shape index (κ1) is 31.1. The molecule has 218 valence electrons. The number of hydrogen-bond acceptors (Lipinski definition) is 2. The van der Waals surface area contributed by atoms with Gasteiger partial charge in [-0.1, -0.05) is 55.4 Å². The van der Waals surface area contributed by atoms with Crippen LogP contribution in [0.25, 0.3) is 44.4 Å². The van der Waals surface area contributed by atoms with Gasteiger partial charge in [-0.15, -0.1) is 0 Å². The van der Waals surface area contributed by atoms with Crippen LogP contribution in [0.15, 0.2) is 24.3 Å². The molecule has 0 aromatic carbocycles. The maximum absolute atomic E-state index is 5.28. The second-order valence-corrected chi connectivity index (χ2v) is 10.9. The Morgan fingerprint density at radius 1 is 0.390 bits per heavy atom. The number of nitrogens with one attached hydrogen (secondary N) is 2. The molecule has 41 heavy (non-hydrogen) atoms. The maximum Gasteiger partial charge on any atom is 0.0694 e. The molecule has 5 heterocycles. The van der Waals surface area contributed by atoms with Crippen molar-refractivity contribution in [2.75, 3.05) is 0 Å². The van der Waals surface area contributed by atoms with Gasteiger partial charge in [-0.2, -0.15) is 0 Å². The van der Waals surface area contributed by atoms with Crippen molar-refractivity contribution in [1.29, 1.82) is 0 Å². The largest absolute Gasteiger partial charge is 0.355 e. The van der Waals surface area contributed by atoms with E-state index in [0.717, 1.165) is 74.1 Å². The number of aromatic amines is 2. The van der Waals surface area contributed by atoms with Crippen LogP contribution in [-0.2, 0) is 42.8 Å². The molecule has 2 aliphatic heterocycles. The Morgan fingerprint density at radius 3 is 0.927 bits per heavy atom. The van der Waals surface area contributed by atoms with Crippen molar-refractivity contribution in [2.45, 2.75) is 107 Å². The van der Waals surface area contributed by atoms with Crippen LogP contribution >= 0.6 is 0 Å². The van der Waals surface area contributed by atoms with Gasteiger partial charge in [0.2, 0.25) is 0 Å². The number of rotatable bonds is 8. The van der Waals surface area contributed by atoms with Gasteiger partial charge in [0.1, 0.15) is 0 Å². The van der Waals surface area contributed by atoms with Gasteiger partial charge in [-0.3, -0.25) is 0 Å². The molecule has 2 aliphatic rings. The number of hydrogen-bond donors (Lipinski definition) is 2. The topological polar surface area (TPSA) is 57.4 Å². The van der Waals surface area contributed by atoms with E-state index in [2.05, 4.69) is 89.6 Å². The molecule has 0 amide bonds. The molecule has 3 aromatic rings. The first-order chi connectivity index (χ1) is 19.5. The Balaban J connectivity index is 0.00000387. The van der Waals surface area contributed by atoms with Crippen molar-refractivity contribution in [3.8, 4) is 0 Å². The van der Waals surface area contributed by atoms with Crippen LogP contribution in [0, 0.1) is 0 Å². The molecular weight excluding hydrogens is 544 g/mol. The van der Waals surface area contributed by atoms with Crippen molar-refractivity contribution in [2.24, 2.45) is 0 Å². The fraction of sp³-hybridized carbons (Fsp3) is 0.444. The summed E-state index contributed by atoms with van der Waals surface area (Å²) in [5.41, 5.74) is 20.2. The summed E-state index contributed by atoms with van der Waals surface area (Å²) in [5.74, 6) is 0. The van der Waals surface area contributed by atoms with E-state index in [-0.39, 0.29) is 17.1 Å². The summed E-state index contributed by atoms with van der Waals surface area (Å²) < 4.78 is 0. The Morgan fingerprint density at radius 2 is 0.659 bits per heavy atom. The minimum atomic E-state index is 0. The zero-order chi connectivity index (χ0) is 28.6. The molecule has 0 aliphatic carbocycles. The van der Waals surface area contributed by atoms with Crippen LogP contribution in [-0.4, -0.2) is 19.9 Å². The molecule has 0 saturated heterocycles. The summed E-state index contributed by atoms with van der Waals surface area (Å²) in [6, 6.07) is 9.24. The fourth-order valence-electron chi connectivity index (χ4n) is 7.10. The van der Waals surface area contributed by atoms with Gasteiger partial charge in [-0.25, -0.2) is 9.97 Å². The van der Waals surface area contributed by atoms with Crippen LogP contribution in [0.1, 0.15) is 126 Å². The van der Waals surface area contributed by atoms with Gasteiger partial charge in [0, 0.05) is 39.1 Å². The zero-order valence-electron chi connectivity index (χ0n) is 26.2. The minimum Gasteiger partial charge on any atom is -0.355 e. The molecule has 5 rings (SSSR count). The third-order valence-corrected chi connectivity index (χ3v) is 8.97. The summed E-state index contributed by atoms with van der Waals surface area (Å²) in [5, 5.41) is 0. The SMILES string of the molecule is CCC1=C(CC)c2cc3[nH]c(cc4[nH]c(cc5nc(cc1n2)C(CC)=C5CC)c(CC)c4CC)c(CC)c3CC.[Fe]. The van der Waals surface area contributed by atoms with E-state index in [0.29, 0.717) is 0 Å². The standard InChI is InChI=1S/C36H46N4.Fe/c1-9-21-22(10-2)30-18-32-25(13-5)26(14-6)34(39-32)20-36-28(16-8)27(15-7)35(40-36)19-33-24(12-4)23(11-3)31(38-33)17-29(21)37-30;/h17-20,37-38H,9-16H2,1-8H3;. The molecule has 0 atom stereocenters. The maximum atomic E-state index is 5.28. The van der Waals surface area contributed by atoms with E-state index in [4.69, 9.17) is 9.97 Å². The van der Waals surface area contributed by atoms with E-state index in [1.54, 1.807) is 0 Å². The van der Waals surface area contributed by atoms with E-state index >= 15 is 0 Å². The molecule has 0 spiro atoms. The Hall–Kier alpha value is -2.88. The van der Waals surface area contributed by atoms with E-state index in [9.17, 15) is 0 Å². The van der Waals surface area contributed by atoms with Gasteiger partial charge in [0.15, 0.2) is 0 Å². The third kappa shape index (κ3) is 5.28. The van der Waals surface area contributed by atoms with E-state index in [1.807, 2.05) is 0 Å². The summed E-state index contributed by atoms with van der Waals surface area (Å²) in [4.78, 5) is 18.2. The zero-order valence-corrected chi connectivity index (χ0v) is 27.3. The third-order valence-electron chi connectivity index (χ3n) is 8.97. The number of aromatic nitrogens is 4. The monoisotopic (exact) mass is 590 g/mol. The van der Waals surface area contributed by atoms with Crippen LogP contribution < -0.4 is 0 Å². The number of nitrogens with zero attached hydrogens (tertiary/aromatic N) is 2. The Kier molecular flexibility index (Phi) is 9.82. The van der Waals surface area contributed by atoms with Crippen LogP contribution in [0.3, 0.4) is 0 Å². The number of fused-ring (bicyclic) bond motifs is 8. The number of aryl methyl sites for hydroxylation is 4. The van der Waals surface area contributed by atoms with Crippen molar-refractivity contribution >= 4 is 44.4 Å². The first-order valence-corrected chi connectivity index (χ1v) is 15.7. The molecule has 0 unspecified atom stereocenters. The molecular formula is C36H46FeN4. The van der Waals surface area contributed by atoms with Crippen LogP contribution in [0.5, 0.6) is 0 Å². The molecule has 4 nitrogen and oxygen atoms in total. The summed E-state index contributed by atoms with van der Waals surface area (Å²) in [7, 11) is 0. The molecule has 3 aromatic heterocycles. The van der Waals surface area contributed by atoms with Gasteiger partial charge < -0.3 is 9.97 Å². The normalized spacial score (nSPS) is 13.3. The predicted octanol–water partition coefficient (Wildman–Crippen LogP) is 10.0. The smallest absolute Gasteiger partial charge is 0.0694 e. The van der Waals surface area contributed by atoms with Crippen LogP contribution in [0.4, 0.5) is 0 Å². The molecule has 5 heteroatoms. The van der Waals surface area contributed by atoms with Gasteiger partial charge in [0.05, 0.1) is 22.8 Å². The van der Waals surface area contributed by atoms with Crippen molar-refractivity contribution in [3.05, 3.63) is 69.3 Å². The molecule has 0 radical (unpaired) electrons. The number of H-pyrrole nitrogens is 2. The van der Waals surface area contributed by atoms with Gasteiger partial charge in [0.25, 0.3) is 0 Å². The molecule has 0 fully saturated rings. The number of allylic oxidation sites excluding steroid dienone is 4. The average molecular weight is 591 g/mol. The Bertz CT molecular complexity index is 1560. The quantitative estimate of drug-likeness (QED) is 0.257. The van der Waals surface area contributed by atoms with Gasteiger partial charge >= 0.3 is 0 Å². The van der Waals surface area contributed by atoms with Crippen LogP contribution in [0.2, 0.25) is 0 Å². The predicted molar refractivity (Wildman–Crippen MR) is 173 cm³/mol. The van der Waals surface area contributed by atoms with Crippen molar-refractivity contribution in [1.82, 2.24) is 19.9 Å². The summed E-state index contributed by atoms with van der Waals surface area (Å²) in [6.07, 6.45) is 7.84. The first-order valence-electron chi connectivity index (χ1n) is 15.7. The average Bonchev–Trinajstić information content (AvgIpc) is 3.67. The molecule has 8 bridgehead atoms. The second-order valence-electron chi connectivity index (χ2n) is 10.9. The van der Waals surface area contributed by atoms with Crippen molar-refractivity contribution < 1.29 is 17.1 Å². The van der Waals surface area contributed by atoms with E-state index in [1.165, 1.54) is 66.6 Å². The Labute approximate surface area is 256 Å². The van der Waals surface area contributed by atoms with Gasteiger partial charge in [-0.05, 0) is 120 Å². The summed E-state index contributed by atoms with van der Waals surface area (Å²) in [6.45, 7) is 18.1. The fourth-order valence-corrected chi connectivity index (χ4v) is 7.10. The second kappa shape index (κ2) is 13.0. The minimum absolute atomic E-state index is 0. The van der Waals surface area contributed by atoms with Crippen molar-refractivity contribution in [3.63, 3.8) is 0 Å². The van der Waals surface area contributed by atoms with E-state index < -0.39 is 0 Å².